The van der Waals surface area contributed by atoms with Crippen LogP contribution in [0.1, 0.15) is 36.5 Å². The fourth-order valence-electron chi connectivity index (χ4n) is 2.09. The van der Waals surface area contributed by atoms with Gasteiger partial charge in [0, 0.05) is 24.2 Å². The van der Waals surface area contributed by atoms with Crippen molar-refractivity contribution in [3.63, 3.8) is 0 Å². The molecule has 0 saturated carbocycles. The molecule has 1 aromatic heterocycles. The van der Waals surface area contributed by atoms with Gasteiger partial charge in [0.2, 0.25) is 0 Å². The average molecular weight is 234 g/mol. The standard InChI is InChI=1S/C13H18N2O2/c1-2-17-12-6-10(8-14-9-12)13(16)7-11-4-3-5-15-11/h6,8-9,11,15H,2-5,7H2,1H3. The van der Waals surface area contributed by atoms with Gasteiger partial charge in [0.05, 0.1) is 12.8 Å². The molecule has 2 rings (SSSR count). The Bertz CT molecular complexity index is 387. The molecular weight excluding hydrogens is 216 g/mol. The second kappa shape index (κ2) is 5.77. The van der Waals surface area contributed by atoms with Crippen molar-refractivity contribution in [2.24, 2.45) is 0 Å². The molecule has 92 valence electrons. The van der Waals surface area contributed by atoms with Crippen molar-refractivity contribution in [1.29, 1.82) is 0 Å². The number of rotatable bonds is 5. The zero-order chi connectivity index (χ0) is 12.1. The SMILES string of the molecule is CCOc1cncc(C(=O)CC2CCCN2)c1. The molecule has 4 heteroatoms. The van der Waals surface area contributed by atoms with Gasteiger partial charge in [0.1, 0.15) is 5.75 Å². The largest absolute Gasteiger partial charge is 0.492 e. The third-order valence-corrected chi connectivity index (χ3v) is 2.94. The summed E-state index contributed by atoms with van der Waals surface area (Å²) < 4.78 is 5.34. The van der Waals surface area contributed by atoms with E-state index >= 15 is 0 Å². The van der Waals surface area contributed by atoms with Crippen LogP contribution in [0, 0.1) is 0 Å². The summed E-state index contributed by atoms with van der Waals surface area (Å²) in [6.07, 6.45) is 6.05. The Morgan fingerprint density at radius 3 is 3.18 bits per heavy atom. The molecule has 1 aromatic rings. The number of nitrogens with one attached hydrogen (secondary N) is 1. The zero-order valence-corrected chi connectivity index (χ0v) is 10.1. The minimum atomic E-state index is 0.137. The Morgan fingerprint density at radius 2 is 2.47 bits per heavy atom. The average Bonchev–Trinajstić information content (AvgIpc) is 2.83. The third-order valence-electron chi connectivity index (χ3n) is 2.94. The number of pyridine rings is 1. The Morgan fingerprint density at radius 1 is 1.59 bits per heavy atom. The topological polar surface area (TPSA) is 51.2 Å². The Hall–Kier alpha value is -1.42. The van der Waals surface area contributed by atoms with Crippen LogP contribution in [0.25, 0.3) is 0 Å². The van der Waals surface area contributed by atoms with Crippen molar-refractivity contribution >= 4 is 5.78 Å². The summed E-state index contributed by atoms with van der Waals surface area (Å²) in [5.41, 5.74) is 0.643. The number of ketones is 1. The van der Waals surface area contributed by atoms with Crippen molar-refractivity contribution in [2.75, 3.05) is 13.2 Å². The molecule has 1 N–H and O–H groups in total. The molecule has 17 heavy (non-hydrogen) atoms. The number of ether oxygens (including phenoxy) is 1. The van der Waals surface area contributed by atoms with Gasteiger partial charge in [0.25, 0.3) is 0 Å². The molecule has 0 aliphatic carbocycles. The summed E-state index contributed by atoms with van der Waals surface area (Å²) >= 11 is 0. The van der Waals surface area contributed by atoms with Crippen molar-refractivity contribution in [1.82, 2.24) is 10.3 Å². The third kappa shape index (κ3) is 3.27. The van der Waals surface area contributed by atoms with E-state index < -0.39 is 0 Å². The van der Waals surface area contributed by atoms with Crippen molar-refractivity contribution < 1.29 is 9.53 Å². The smallest absolute Gasteiger partial charge is 0.166 e. The molecule has 0 bridgehead atoms. The number of carbonyl (C=O) groups excluding carboxylic acids is 1. The van der Waals surface area contributed by atoms with Crippen LogP contribution in [0.15, 0.2) is 18.5 Å². The van der Waals surface area contributed by atoms with Crippen LogP contribution in [0.5, 0.6) is 5.75 Å². The van der Waals surface area contributed by atoms with E-state index in [9.17, 15) is 4.79 Å². The Kier molecular flexibility index (Phi) is 4.09. The van der Waals surface area contributed by atoms with Crippen LogP contribution < -0.4 is 10.1 Å². The van der Waals surface area contributed by atoms with Gasteiger partial charge in [-0.05, 0) is 32.4 Å². The highest BCUT2D eigenvalue weighted by Crippen LogP contribution is 2.16. The first kappa shape index (κ1) is 12.0. The van der Waals surface area contributed by atoms with Crippen LogP contribution in [0.2, 0.25) is 0 Å². The molecule has 2 heterocycles. The highest BCUT2D eigenvalue weighted by atomic mass is 16.5. The Balaban J connectivity index is 1.99. The number of hydrogen-bond donors (Lipinski definition) is 1. The molecule has 1 unspecified atom stereocenters. The quantitative estimate of drug-likeness (QED) is 0.789. The molecule has 0 amide bonds. The molecule has 0 aromatic carbocycles. The van der Waals surface area contributed by atoms with Gasteiger partial charge in [-0.25, -0.2) is 0 Å². The van der Waals surface area contributed by atoms with E-state index in [0.29, 0.717) is 30.4 Å². The summed E-state index contributed by atoms with van der Waals surface area (Å²) in [6.45, 7) is 3.52. The maximum Gasteiger partial charge on any atom is 0.166 e. The van der Waals surface area contributed by atoms with Crippen LogP contribution >= 0.6 is 0 Å². The van der Waals surface area contributed by atoms with E-state index in [-0.39, 0.29) is 5.78 Å². The van der Waals surface area contributed by atoms with E-state index in [0.717, 1.165) is 19.4 Å². The van der Waals surface area contributed by atoms with Crippen molar-refractivity contribution in [3.05, 3.63) is 24.0 Å². The normalized spacial score (nSPS) is 19.2. The van der Waals surface area contributed by atoms with E-state index in [2.05, 4.69) is 10.3 Å². The van der Waals surface area contributed by atoms with Gasteiger partial charge in [0.15, 0.2) is 5.78 Å². The molecule has 4 nitrogen and oxygen atoms in total. The fraction of sp³-hybridized carbons (Fsp3) is 0.538. The van der Waals surface area contributed by atoms with Crippen LogP contribution in [0.3, 0.4) is 0 Å². The molecule has 1 saturated heterocycles. The molecular formula is C13H18N2O2. The van der Waals surface area contributed by atoms with Crippen molar-refractivity contribution in [2.45, 2.75) is 32.2 Å². The molecule has 1 aliphatic rings. The molecule has 1 atom stereocenters. The maximum atomic E-state index is 12.0. The van der Waals surface area contributed by atoms with E-state index in [1.165, 1.54) is 0 Å². The predicted molar refractivity (Wildman–Crippen MR) is 65.4 cm³/mol. The first-order valence-electron chi connectivity index (χ1n) is 6.14. The lowest BCUT2D eigenvalue weighted by molar-refractivity contribution is 0.0971. The van der Waals surface area contributed by atoms with Gasteiger partial charge >= 0.3 is 0 Å². The maximum absolute atomic E-state index is 12.0. The zero-order valence-electron chi connectivity index (χ0n) is 10.1. The number of Topliss-reactive ketones (excluding diaryl/α,β-unsaturated/α-hetero) is 1. The number of aromatic nitrogens is 1. The summed E-state index contributed by atoms with van der Waals surface area (Å²) in [4.78, 5) is 16.1. The van der Waals surface area contributed by atoms with Crippen LogP contribution in [-0.4, -0.2) is 30.0 Å². The molecule has 1 fully saturated rings. The summed E-state index contributed by atoms with van der Waals surface area (Å²) in [7, 11) is 0. The van der Waals surface area contributed by atoms with Gasteiger partial charge < -0.3 is 10.1 Å². The second-order valence-electron chi connectivity index (χ2n) is 4.26. The molecule has 0 spiro atoms. The highest BCUT2D eigenvalue weighted by molar-refractivity contribution is 5.96. The van der Waals surface area contributed by atoms with Gasteiger partial charge in [-0.3, -0.25) is 9.78 Å². The minimum absolute atomic E-state index is 0.137. The lowest BCUT2D eigenvalue weighted by Gasteiger charge is -2.09. The van der Waals surface area contributed by atoms with E-state index in [1.807, 2.05) is 6.92 Å². The first-order chi connectivity index (χ1) is 8.29. The van der Waals surface area contributed by atoms with Gasteiger partial charge in [-0.1, -0.05) is 0 Å². The lowest BCUT2D eigenvalue weighted by Crippen LogP contribution is -2.24. The Labute approximate surface area is 101 Å². The number of nitrogens with zero attached hydrogens (tertiary/aromatic N) is 1. The highest BCUT2D eigenvalue weighted by Gasteiger charge is 2.18. The molecule has 0 radical (unpaired) electrons. The van der Waals surface area contributed by atoms with Gasteiger partial charge in [-0.2, -0.15) is 0 Å². The monoisotopic (exact) mass is 234 g/mol. The summed E-state index contributed by atoms with van der Waals surface area (Å²) in [5, 5.41) is 3.32. The second-order valence-corrected chi connectivity index (χ2v) is 4.26. The first-order valence-corrected chi connectivity index (χ1v) is 6.14. The summed E-state index contributed by atoms with van der Waals surface area (Å²) in [6, 6.07) is 2.10. The fourth-order valence-corrected chi connectivity index (χ4v) is 2.09. The van der Waals surface area contributed by atoms with Crippen molar-refractivity contribution in [3.8, 4) is 5.75 Å². The molecule has 1 aliphatic heterocycles. The minimum Gasteiger partial charge on any atom is -0.492 e. The predicted octanol–water partition coefficient (Wildman–Crippen LogP) is 1.81. The van der Waals surface area contributed by atoms with Gasteiger partial charge in [-0.15, -0.1) is 0 Å². The lowest BCUT2D eigenvalue weighted by atomic mass is 10.0. The van der Waals surface area contributed by atoms with E-state index in [1.54, 1.807) is 18.5 Å². The summed E-state index contributed by atoms with van der Waals surface area (Å²) in [5.74, 6) is 0.802. The van der Waals surface area contributed by atoms with E-state index in [4.69, 9.17) is 4.74 Å². The number of hydrogen-bond acceptors (Lipinski definition) is 4. The van der Waals surface area contributed by atoms with Crippen LogP contribution in [-0.2, 0) is 0 Å². The number of carbonyl (C=O) groups is 1. The van der Waals surface area contributed by atoms with Crippen LogP contribution in [0.4, 0.5) is 0 Å².